The maximum Gasteiger partial charge on any atom is 0.160 e. The van der Waals surface area contributed by atoms with Crippen LogP contribution in [0.4, 0.5) is 0 Å². The Labute approximate surface area is 59.4 Å². The van der Waals surface area contributed by atoms with Crippen LogP contribution in [0.1, 0.15) is 6.92 Å². The highest BCUT2D eigenvalue weighted by molar-refractivity contribution is 8.13. The Kier molecular flexibility index (Phi) is 2.16. The maximum atomic E-state index is 7.38. The van der Waals surface area contributed by atoms with Crippen molar-refractivity contribution in [3.05, 3.63) is 12.3 Å². The lowest BCUT2D eigenvalue weighted by molar-refractivity contribution is 0.595. The highest BCUT2D eigenvalue weighted by atomic mass is 32.2. The summed E-state index contributed by atoms with van der Waals surface area (Å²) in [6.07, 6.45) is 4.05. The van der Waals surface area contributed by atoms with Gasteiger partial charge < -0.3 is 4.90 Å². The summed E-state index contributed by atoms with van der Waals surface area (Å²) in [5.41, 5.74) is 0. The fraction of sp³-hybridized carbons (Fsp3) is 0.500. The molecule has 0 aliphatic carbocycles. The van der Waals surface area contributed by atoms with Crippen molar-refractivity contribution in [1.29, 1.82) is 5.41 Å². The Morgan fingerprint density at radius 2 is 2.67 bits per heavy atom. The van der Waals surface area contributed by atoms with Gasteiger partial charge in [-0.25, -0.2) is 0 Å². The fourth-order valence-corrected chi connectivity index (χ4v) is 1.39. The molecule has 0 unspecified atom stereocenters. The molecular weight excluding hydrogens is 132 g/mol. The molecule has 0 aromatic heterocycles. The molecule has 0 amide bonds. The average Bonchev–Trinajstić information content (AvgIpc) is 1.89. The second-order valence-corrected chi connectivity index (χ2v) is 2.80. The Morgan fingerprint density at radius 3 is 3.11 bits per heavy atom. The van der Waals surface area contributed by atoms with Crippen LogP contribution in [0.15, 0.2) is 12.3 Å². The number of nitrogens with one attached hydrogen (secondary N) is 1. The largest absolute Gasteiger partial charge is 0.329 e. The molecule has 0 spiro atoms. The molecule has 1 aliphatic heterocycles. The Hall–Kier alpha value is -0.440. The van der Waals surface area contributed by atoms with E-state index in [1.807, 2.05) is 18.0 Å². The van der Waals surface area contributed by atoms with Crippen molar-refractivity contribution in [2.75, 3.05) is 12.3 Å². The van der Waals surface area contributed by atoms with E-state index in [2.05, 4.69) is 6.08 Å². The summed E-state index contributed by atoms with van der Waals surface area (Å²) in [6, 6.07) is 0. The second kappa shape index (κ2) is 2.92. The van der Waals surface area contributed by atoms with Gasteiger partial charge in [0, 0.05) is 18.5 Å². The molecule has 2 nitrogen and oxygen atoms in total. The van der Waals surface area contributed by atoms with E-state index in [-0.39, 0.29) is 0 Å². The van der Waals surface area contributed by atoms with Gasteiger partial charge in [0.05, 0.1) is 0 Å². The van der Waals surface area contributed by atoms with Gasteiger partial charge in [0.25, 0.3) is 0 Å². The van der Waals surface area contributed by atoms with Crippen molar-refractivity contribution in [2.24, 2.45) is 0 Å². The van der Waals surface area contributed by atoms with E-state index >= 15 is 0 Å². The van der Waals surface area contributed by atoms with Crippen LogP contribution in [0.5, 0.6) is 0 Å². The molecule has 3 heteroatoms. The van der Waals surface area contributed by atoms with E-state index < -0.39 is 0 Å². The maximum absolute atomic E-state index is 7.38. The Balaban J connectivity index is 2.57. The fourth-order valence-electron chi connectivity index (χ4n) is 0.697. The molecule has 0 saturated carbocycles. The summed E-state index contributed by atoms with van der Waals surface area (Å²) in [7, 11) is 0. The zero-order valence-electron chi connectivity index (χ0n) is 5.42. The van der Waals surface area contributed by atoms with Gasteiger partial charge in [-0.05, 0) is 6.92 Å². The normalized spacial score (nSPS) is 18.8. The zero-order chi connectivity index (χ0) is 6.69. The monoisotopic (exact) mass is 142 g/mol. The number of hydrogen-bond acceptors (Lipinski definition) is 2. The van der Waals surface area contributed by atoms with Crippen LogP contribution in [0.2, 0.25) is 0 Å². The van der Waals surface area contributed by atoms with Crippen molar-refractivity contribution in [3.8, 4) is 0 Å². The molecule has 9 heavy (non-hydrogen) atoms. The first kappa shape index (κ1) is 6.68. The summed E-state index contributed by atoms with van der Waals surface area (Å²) in [5, 5.41) is 8.05. The van der Waals surface area contributed by atoms with Gasteiger partial charge in [-0.3, -0.25) is 5.41 Å². The lowest BCUT2D eigenvalue weighted by Crippen LogP contribution is -2.24. The molecule has 1 N–H and O–H groups in total. The minimum Gasteiger partial charge on any atom is -0.329 e. The molecule has 50 valence electrons. The topological polar surface area (TPSA) is 27.1 Å². The molecule has 0 radical (unpaired) electrons. The van der Waals surface area contributed by atoms with Crippen LogP contribution < -0.4 is 0 Å². The van der Waals surface area contributed by atoms with Crippen molar-refractivity contribution >= 4 is 16.9 Å². The molecule has 1 aliphatic rings. The number of hydrogen-bond donors (Lipinski definition) is 1. The smallest absolute Gasteiger partial charge is 0.160 e. The Bertz CT molecular complexity index is 142. The van der Waals surface area contributed by atoms with E-state index in [1.165, 1.54) is 0 Å². The molecular formula is C6H10N2S. The van der Waals surface area contributed by atoms with Crippen LogP contribution in [0, 0.1) is 5.41 Å². The summed E-state index contributed by atoms with van der Waals surface area (Å²) in [6.45, 7) is 2.95. The van der Waals surface area contributed by atoms with Gasteiger partial charge in [0.2, 0.25) is 0 Å². The standard InChI is InChI=1S/C6H10N2S/c1-2-8-4-3-5-9-6(8)7/h3-4,7H,2,5H2,1H3. The van der Waals surface area contributed by atoms with Crippen molar-refractivity contribution in [2.45, 2.75) is 6.92 Å². The zero-order valence-corrected chi connectivity index (χ0v) is 6.24. The van der Waals surface area contributed by atoms with Crippen LogP contribution >= 0.6 is 11.8 Å². The predicted octanol–water partition coefficient (Wildman–Crippen LogP) is 1.50. The first-order valence-corrected chi connectivity index (χ1v) is 3.98. The van der Waals surface area contributed by atoms with Gasteiger partial charge in [-0.2, -0.15) is 0 Å². The summed E-state index contributed by atoms with van der Waals surface area (Å²) in [4.78, 5) is 1.92. The van der Waals surface area contributed by atoms with Gasteiger partial charge in [-0.1, -0.05) is 17.8 Å². The molecule has 0 bridgehead atoms. The third kappa shape index (κ3) is 1.48. The lowest BCUT2D eigenvalue weighted by atomic mass is 10.6. The molecule has 0 aromatic rings. The van der Waals surface area contributed by atoms with Crippen molar-refractivity contribution in [1.82, 2.24) is 4.90 Å². The summed E-state index contributed by atoms with van der Waals surface area (Å²) in [5.74, 6) is 0.954. The first-order valence-electron chi connectivity index (χ1n) is 2.99. The third-order valence-corrected chi connectivity index (χ3v) is 2.07. The molecule has 0 fully saturated rings. The quantitative estimate of drug-likeness (QED) is 0.600. The average molecular weight is 142 g/mol. The minimum atomic E-state index is 0.667. The minimum absolute atomic E-state index is 0.667. The molecule has 1 rings (SSSR count). The van der Waals surface area contributed by atoms with Crippen LogP contribution in [-0.4, -0.2) is 22.4 Å². The molecule has 0 aromatic carbocycles. The van der Waals surface area contributed by atoms with E-state index in [4.69, 9.17) is 5.41 Å². The lowest BCUT2D eigenvalue weighted by Gasteiger charge is -2.20. The van der Waals surface area contributed by atoms with Crippen LogP contribution in [0.3, 0.4) is 0 Å². The predicted molar refractivity (Wildman–Crippen MR) is 41.7 cm³/mol. The Morgan fingerprint density at radius 1 is 1.89 bits per heavy atom. The van der Waals surface area contributed by atoms with Crippen LogP contribution in [0.25, 0.3) is 0 Å². The number of rotatable bonds is 1. The second-order valence-electron chi connectivity index (χ2n) is 1.79. The number of amidine groups is 1. The summed E-state index contributed by atoms with van der Waals surface area (Å²) >= 11 is 1.57. The third-order valence-electron chi connectivity index (χ3n) is 1.20. The van der Waals surface area contributed by atoms with Gasteiger partial charge in [0.1, 0.15) is 0 Å². The molecule has 1 heterocycles. The molecule has 0 atom stereocenters. The first-order chi connectivity index (χ1) is 4.34. The molecule has 0 saturated heterocycles. The van der Waals surface area contributed by atoms with Crippen molar-refractivity contribution in [3.63, 3.8) is 0 Å². The van der Waals surface area contributed by atoms with E-state index in [1.54, 1.807) is 11.8 Å². The van der Waals surface area contributed by atoms with E-state index in [0.717, 1.165) is 12.3 Å². The highest BCUT2D eigenvalue weighted by Crippen LogP contribution is 2.12. The van der Waals surface area contributed by atoms with Crippen molar-refractivity contribution < 1.29 is 0 Å². The SMILES string of the molecule is CCN1C=CCSC1=N. The van der Waals surface area contributed by atoms with E-state index in [9.17, 15) is 0 Å². The highest BCUT2D eigenvalue weighted by Gasteiger charge is 2.06. The van der Waals surface area contributed by atoms with Gasteiger partial charge >= 0.3 is 0 Å². The van der Waals surface area contributed by atoms with E-state index in [0.29, 0.717) is 5.17 Å². The number of nitrogens with zero attached hydrogens (tertiary/aromatic N) is 1. The van der Waals surface area contributed by atoms with Gasteiger partial charge in [0.15, 0.2) is 5.17 Å². The summed E-state index contributed by atoms with van der Waals surface area (Å²) < 4.78 is 0. The van der Waals surface area contributed by atoms with Gasteiger partial charge in [-0.15, -0.1) is 0 Å². The number of thioether (sulfide) groups is 1. The van der Waals surface area contributed by atoms with Crippen LogP contribution in [-0.2, 0) is 0 Å².